The van der Waals surface area contributed by atoms with Crippen molar-refractivity contribution >= 4 is 44.7 Å². The van der Waals surface area contributed by atoms with Gasteiger partial charge < -0.3 is 11.1 Å². The molecule has 0 aliphatic carbocycles. The molecule has 1 aromatic heterocycles. The first-order valence-corrected chi connectivity index (χ1v) is 5.76. The predicted molar refractivity (Wildman–Crippen MR) is 71.1 cm³/mol. The standard InChI is InChI=1S/C11H9BrClN3/c12-9-5-7(13)1-2-10(9)16-11-6-8(14)3-4-15-11/h1-6H,(H3,14,15,16). The van der Waals surface area contributed by atoms with Crippen molar-refractivity contribution in [3.8, 4) is 0 Å². The number of benzene rings is 1. The number of nitrogens with one attached hydrogen (secondary N) is 1. The van der Waals surface area contributed by atoms with Gasteiger partial charge >= 0.3 is 0 Å². The lowest BCUT2D eigenvalue weighted by Crippen LogP contribution is -1.95. The Bertz CT molecular complexity index is 516. The second kappa shape index (κ2) is 4.72. The van der Waals surface area contributed by atoms with Crippen LogP contribution in [0.15, 0.2) is 41.0 Å². The van der Waals surface area contributed by atoms with Crippen molar-refractivity contribution in [1.29, 1.82) is 0 Å². The van der Waals surface area contributed by atoms with Crippen molar-refractivity contribution in [2.75, 3.05) is 11.1 Å². The Hall–Kier alpha value is -1.26. The highest BCUT2D eigenvalue weighted by Gasteiger charge is 2.02. The van der Waals surface area contributed by atoms with E-state index in [1.54, 1.807) is 24.4 Å². The molecule has 0 saturated heterocycles. The Morgan fingerprint density at radius 3 is 2.75 bits per heavy atom. The van der Waals surface area contributed by atoms with Gasteiger partial charge in [0.1, 0.15) is 5.82 Å². The van der Waals surface area contributed by atoms with Gasteiger partial charge in [0.15, 0.2) is 0 Å². The fraction of sp³-hybridized carbons (Fsp3) is 0. The van der Waals surface area contributed by atoms with Gasteiger partial charge in [0.05, 0.1) is 5.69 Å². The van der Waals surface area contributed by atoms with Gasteiger partial charge in [-0.25, -0.2) is 4.98 Å². The summed E-state index contributed by atoms with van der Waals surface area (Å²) in [6.07, 6.45) is 1.65. The lowest BCUT2D eigenvalue weighted by atomic mass is 10.3. The SMILES string of the molecule is Nc1ccnc(Nc2ccc(Cl)cc2Br)c1. The number of nitrogens with two attached hydrogens (primary N) is 1. The van der Waals surface area contributed by atoms with Crippen LogP contribution in [0.5, 0.6) is 0 Å². The average Bonchev–Trinajstić information content (AvgIpc) is 2.22. The Balaban J connectivity index is 2.27. The minimum Gasteiger partial charge on any atom is -0.399 e. The fourth-order valence-corrected chi connectivity index (χ4v) is 2.03. The lowest BCUT2D eigenvalue weighted by molar-refractivity contribution is 1.31. The highest BCUT2D eigenvalue weighted by Crippen LogP contribution is 2.28. The van der Waals surface area contributed by atoms with Gasteiger partial charge in [-0.2, -0.15) is 0 Å². The number of nitrogen functional groups attached to an aromatic ring is 1. The molecule has 82 valence electrons. The minimum absolute atomic E-state index is 0.669. The van der Waals surface area contributed by atoms with E-state index in [-0.39, 0.29) is 0 Å². The van der Waals surface area contributed by atoms with E-state index >= 15 is 0 Å². The zero-order chi connectivity index (χ0) is 11.5. The molecule has 0 fully saturated rings. The summed E-state index contributed by atoms with van der Waals surface area (Å²) >= 11 is 9.27. The molecule has 2 rings (SSSR count). The molecule has 0 aliphatic heterocycles. The Labute approximate surface area is 107 Å². The van der Waals surface area contributed by atoms with E-state index < -0.39 is 0 Å². The largest absolute Gasteiger partial charge is 0.399 e. The summed E-state index contributed by atoms with van der Waals surface area (Å²) in [7, 11) is 0. The third-order valence-electron chi connectivity index (χ3n) is 1.98. The van der Waals surface area contributed by atoms with Crippen LogP contribution in [0, 0.1) is 0 Å². The molecule has 0 unspecified atom stereocenters. The molecule has 2 aromatic rings. The third-order valence-corrected chi connectivity index (χ3v) is 2.87. The number of hydrogen-bond donors (Lipinski definition) is 2. The molecule has 1 aromatic carbocycles. The van der Waals surface area contributed by atoms with Crippen LogP contribution in [0.25, 0.3) is 0 Å². The van der Waals surface area contributed by atoms with Crippen molar-refractivity contribution in [3.63, 3.8) is 0 Å². The number of nitrogens with zero attached hydrogens (tertiary/aromatic N) is 1. The van der Waals surface area contributed by atoms with Crippen molar-refractivity contribution in [2.24, 2.45) is 0 Å². The second-order valence-corrected chi connectivity index (χ2v) is 4.51. The first-order chi connectivity index (χ1) is 7.65. The summed E-state index contributed by atoms with van der Waals surface area (Å²) in [5.74, 6) is 0.697. The zero-order valence-electron chi connectivity index (χ0n) is 8.24. The van der Waals surface area contributed by atoms with Crippen LogP contribution < -0.4 is 11.1 Å². The monoisotopic (exact) mass is 297 g/mol. The van der Waals surface area contributed by atoms with E-state index in [1.165, 1.54) is 0 Å². The molecule has 0 radical (unpaired) electrons. The van der Waals surface area contributed by atoms with Crippen LogP contribution in [-0.4, -0.2) is 4.98 Å². The molecule has 0 bridgehead atoms. The topological polar surface area (TPSA) is 50.9 Å². The molecular weight excluding hydrogens is 289 g/mol. The maximum Gasteiger partial charge on any atom is 0.132 e. The van der Waals surface area contributed by atoms with Crippen LogP contribution >= 0.6 is 27.5 Å². The molecule has 3 nitrogen and oxygen atoms in total. The number of anilines is 3. The summed E-state index contributed by atoms with van der Waals surface area (Å²) in [6.45, 7) is 0. The van der Waals surface area contributed by atoms with E-state index in [1.807, 2.05) is 12.1 Å². The van der Waals surface area contributed by atoms with Gasteiger partial charge in [0, 0.05) is 27.4 Å². The molecule has 1 heterocycles. The number of hydrogen-bond acceptors (Lipinski definition) is 3. The second-order valence-electron chi connectivity index (χ2n) is 3.22. The smallest absolute Gasteiger partial charge is 0.132 e. The third kappa shape index (κ3) is 2.65. The maximum atomic E-state index is 5.85. The Kier molecular flexibility index (Phi) is 3.31. The van der Waals surface area contributed by atoms with Gasteiger partial charge in [-0.3, -0.25) is 0 Å². The van der Waals surface area contributed by atoms with E-state index in [0.717, 1.165) is 10.2 Å². The molecule has 5 heteroatoms. The van der Waals surface area contributed by atoms with Crippen molar-refractivity contribution in [3.05, 3.63) is 46.0 Å². The maximum absolute atomic E-state index is 5.85. The number of pyridine rings is 1. The van der Waals surface area contributed by atoms with Gasteiger partial charge in [-0.05, 0) is 40.2 Å². The summed E-state index contributed by atoms with van der Waals surface area (Å²) in [4.78, 5) is 4.15. The highest BCUT2D eigenvalue weighted by atomic mass is 79.9. The molecule has 3 N–H and O–H groups in total. The van der Waals surface area contributed by atoms with Crippen molar-refractivity contribution in [2.45, 2.75) is 0 Å². The minimum atomic E-state index is 0.669. The van der Waals surface area contributed by atoms with E-state index in [9.17, 15) is 0 Å². The molecule has 0 aliphatic rings. The normalized spacial score (nSPS) is 10.1. The molecular formula is C11H9BrClN3. The quantitative estimate of drug-likeness (QED) is 0.886. The summed E-state index contributed by atoms with van der Waals surface area (Å²) in [5.41, 5.74) is 7.22. The number of halogens is 2. The summed E-state index contributed by atoms with van der Waals surface area (Å²) < 4.78 is 0.879. The van der Waals surface area contributed by atoms with Gasteiger partial charge in [-0.1, -0.05) is 11.6 Å². The van der Waals surface area contributed by atoms with Gasteiger partial charge in [-0.15, -0.1) is 0 Å². The van der Waals surface area contributed by atoms with Gasteiger partial charge in [0.25, 0.3) is 0 Å². The van der Waals surface area contributed by atoms with Crippen LogP contribution in [0.2, 0.25) is 5.02 Å². The number of aromatic nitrogens is 1. The molecule has 16 heavy (non-hydrogen) atoms. The van der Waals surface area contributed by atoms with Crippen molar-refractivity contribution in [1.82, 2.24) is 4.98 Å². The van der Waals surface area contributed by atoms with E-state index in [0.29, 0.717) is 16.5 Å². The van der Waals surface area contributed by atoms with Crippen LogP contribution in [-0.2, 0) is 0 Å². The zero-order valence-corrected chi connectivity index (χ0v) is 10.6. The Morgan fingerprint density at radius 1 is 1.25 bits per heavy atom. The predicted octanol–water partition coefficient (Wildman–Crippen LogP) is 3.82. The van der Waals surface area contributed by atoms with Crippen LogP contribution in [0.1, 0.15) is 0 Å². The first kappa shape index (κ1) is 11.2. The molecule has 0 spiro atoms. The van der Waals surface area contributed by atoms with Crippen molar-refractivity contribution < 1.29 is 0 Å². The molecule has 0 atom stereocenters. The van der Waals surface area contributed by atoms with E-state index in [2.05, 4.69) is 26.2 Å². The molecule has 0 amide bonds. The lowest BCUT2D eigenvalue weighted by Gasteiger charge is -2.08. The van der Waals surface area contributed by atoms with Crippen LogP contribution in [0.3, 0.4) is 0 Å². The first-order valence-electron chi connectivity index (χ1n) is 4.59. The fourth-order valence-electron chi connectivity index (χ4n) is 1.24. The highest BCUT2D eigenvalue weighted by molar-refractivity contribution is 9.10. The number of rotatable bonds is 2. The van der Waals surface area contributed by atoms with Gasteiger partial charge in [0.2, 0.25) is 0 Å². The van der Waals surface area contributed by atoms with Crippen LogP contribution in [0.4, 0.5) is 17.2 Å². The average molecular weight is 299 g/mol. The summed E-state index contributed by atoms with van der Waals surface area (Å²) in [5, 5.41) is 3.82. The van der Waals surface area contributed by atoms with E-state index in [4.69, 9.17) is 17.3 Å². The molecule has 0 saturated carbocycles. The Morgan fingerprint density at radius 2 is 2.06 bits per heavy atom. The summed E-state index contributed by atoms with van der Waals surface area (Å²) in [6, 6.07) is 9.00.